The highest BCUT2D eigenvalue weighted by Crippen LogP contribution is 2.18. The van der Waals surface area contributed by atoms with Gasteiger partial charge in [-0.2, -0.15) is 0 Å². The van der Waals surface area contributed by atoms with Crippen LogP contribution in [0, 0.1) is 13.8 Å². The molecule has 0 atom stereocenters. The average molecular weight is 281 g/mol. The highest BCUT2D eigenvalue weighted by Gasteiger charge is 2.09. The Balaban J connectivity index is 2.08. The van der Waals surface area contributed by atoms with Crippen molar-refractivity contribution in [1.29, 1.82) is 0 Å². The number of anilines is 1. The summed E-state index contributed by atoms with van der Waals surface area (Å²) < 4.78 is 5.40. The van der Waals surface area contributed by atoms with E-state index >= 15 is 0 Å². The summed E-state index contributed by atoms with van der Waals surface area (Å²) in [5.74, 6) is 0.649. The van der Waals surface area contributed by atoms with E-state index in [0.717, 1.165) is 22.6 Å². The molecule has 3 heteroatoms. The third kappa shape index (κ3) is 3.96. The predicted octanol–water partition coefficient (Wildman–Crippen LogP) is 4.12. The molecule has 3 nitrogen and oxygen atoms in total. The normalized spacial score (nSPS) is 10.0. The van der Waals surface area contributed by atoms with Crippen LogP contribution in [0.15, 0.2) is 55.1 Å². The maximum atomic E-state index is 12.3. The lowest BCUT2D eigenvalue weighted by Crippen LogP contribution is -2.13. The smallest absolute Gasteiger partial charge is 0.255 e. The van der Waals surface area contributed by atoms with Gasteiger partial charge >= 0.3 is 0 Å². The van der Waals surface area contributed by atoms with Gasteiger partial charge in [0.1, 0.15) is 12.4 Å². The van der Waals surface area contributed by atoms with Crippen molar-refractivity contribution in [2.45, 2.75) is 13.8 Å². The Labute approximate surface area is 125 Å². The predicted molar refractivity (Wildman–Crippen MR) is 86.0 cm³/mol. The van der Waals surface area contributed by atoms with Gasteiger partial charge in [0.15, 0.2) is 0 Å². The van der Waals surface area contributed by atoms with E-state index < -0.39 is 0 Å². The highest BCUT2D eigenvalue weighted by atomic mass is 16.5. The molecule has 0 radical (unpaired) electrons. The second-order valence-corrected chi connectivity index (χ2v) is 4.90. The largest absolute Gasteiger partial charge is 0.490 e. The maximum Gasteiger partial charge on any atom is 0.255 e. The zero-order chi connectivity index (χ0) is 15.2. The molecule has 0 unspecified atom stereocenters. The molecule has 2 aromatic carbocycles. The topological polar surface area (TPSA) is 38.3 Å². The van der Waals surface area contributed by atoms with Crippen LogP contribution >= 0.6 is 0 Å². The molecule has 1 amide bonds. The van der Waals surface area contributed by atoms with Crippen LogP contribution in [-0.2, 0) is 0 Å². The zero-order valence-electron chi connectivity index (χ0n) is 12.3. The van der Waals surface area contributed by atoms with E-state index in [4.69, 9.17) is 4.74 Å². The van der Waals surface area contributed by atoms with Gasteiger partial charge in [-0.3, -0.25) is 4.79 Å². The van der Waals surface area contributed by atoms with E-state index in [9.17, 15) is 4.79 Å². The fraction of sp³-hybridized carbons (Fsp3) is 0.167. The number of aryl methyl sites for hydroxylation is 2. The van der Waals surface area contributed by atoms with Crippen molar-refractivity contribution >= 4 is 11.6 Å². The first-order chi connectivity index (χ1) is 10.1. The van der Waals surface area contributed by atoms with Gasteiger partial charge in [-0.05, 0) is 49.7 Å². The van der Waals surface area contributed by atoms with Crippen molar-refractivity contribution in [2.75, 3.05) is 11.9 Å². The van der Waals surface area contributed by atoms with Crippen LogP contribution in [0.1, 0.15) is 21.5 Å². The van der Waals surface area contributed by atoms with Gasteiger partial charge in [0.25, 0.3) is 5.91 Å². The molecule has 0 fully saturated rings. The van der Waals surface area contributed by atoms with E-state index in [1.165, 1.54) is 0 Å². The number of hydrogen-bond acceptors (Lipinski definition) is 2. The fourth-order valence-corrected chi connectivity index (χ4v) is 1.97. The molecule has 0 aliphatic carbocycles. The first-order valence-electron chi connectivity index (χ1n) is 6.82. The van der Waals surface area contributed by atoms with Crippen LogP contribution < -0.4 is 10.1 Å². The fourth-order valence-electron chi connectivity index (χ4n) is 1.97. The Morgan fingerprint density at radius 1 is 1.19 bits per heavy atom. The van der Waals surface area contributed by atoms with Crippen molar-refractivity contribution in [2.24, 2.45) is 0 Å². The molecular formula is C18H19NO2. The summed E-state index contributed by atoms with van der Waals surface area (Å²) >= 11 is 0. The number of nitrogens with one attached hydrogen (secondary N) is 1. The molecule has 0 aliphatic rings. The SMILES string of the molecule is C=CCOc1ccc(NC(=O)c2cc(C)ccc2C)cc1. The third-order valence-corrected chi connectivity index (χ3v) is 3.12. The molecule has 21 heavy (non-hydrogen) atoms. The molecule has 1 N–H and O–H groups in total. The molecule has 0 aliphatic heterocycles. The summed E-state index contributed by atoms with van der Waals surface area (Å²) in [5.41, 5.74) is 3.47. The molecule has 0 saturated carbocycles. The maximum absolute atomic E-state index is 12.3. The lowest BCUT2D eigenvalue weighted by atomic mass is 10.1. The summed E-state index contributed by atoms with van der Waals surface area (Å²) in [6, 6.07) is 13.1. The first-order valence-corrected chi connectivity index (χ1v) is 6.82. The van der Waals surface area contributed by atoms with Gasteiger partial charge in [0, 0.05) is 11.3 Å². The van der Waals surface area contributed by atoms with Crippen LogP contribution in [0.4, 0.5) is 5.69 Å². The summed E-state index contributed by atoms with van der Waals surface area (Å²) in [6.45, 7) is 7.97. The van der Waals surface area contributed by atoms with E-state index in [2.05, 4.69) is 11.9 Å². The van der Waals surface area contributed by atoms with E-state index in [1.807, 2.05) is 56.3 Å². The second kappa shape index (κ2) is 6.75. The summed E-state index contributed by atoms with van der Waals surface area (Å²) in [5, 5.41) is 2.89. The lowest BCUT2D eigenvalue weighted by molar-refractivity contribution is 0.102. The Hall–Kier alpha value is -2.55. The number of carbonyl (C=O) groups excluding carboxylic acids is 1. The van der Waals surface area contributed by atoms with Crippen molar-refractivity contribution in [1.82, 2.24) is 0 Å². The second-order valence-electron chi connectivity index (χ2n) is 4.90. The van der Waals surface area contributed by atoms with Crippen LogP contribution in [0.2, 0.25) is 0 Å². The number of rotatable bonds is 5. The van der Waals surface area contributed by atoms with E-state index in [1.54, 1.807) is 6.08 Å². The number of hydrogen-bond donors (Lipinski definition) is 1. The molecule has 0 spiro atoms. The summed E-state index contributed by atoms with van der Waals surface area (Å²) in [6.07, 6.45) is 1.69. The molecule has 108 valence electrons. The molecule has 0 saturated heterocycles. The van der Waals surface area contributed by atoms with E-state index in [0.29, 0.717) is 12.2 Å². The number of amides is 1. The van der Waals surface area contributed by atoms with Crippen molar-refractivity contribution in [3.05, 3.63) is 71.8 Å². The molecular weight excluding hydrogens is 262 g/mol. The third-order valence-electron chi connectivity index (χ3n) is 3.12. The Morgan fingerprint density at radius 3 is 2.57 bits per heavy atom. The minimum atomic E-state index is -0.101. The van der Waals surface area contributed by atoms with Gasteiger partial charge in [0.05, 0.1) is 0 Å². The van der Waals surface area contributed by atoms with Gasteiger partial charge in [-0.15, -0.1) is 0 Å². The molecule has 0 bridgehead atoms. The van der Waals surface area contributed by atoms with Crippen molar-refractivity contribution in [3.63, 3.8) is 0 Å². The Kier molecular flexibility index (Phi) is 4.77. The molecule has 0 aromatic heterocycles. The van der Waals surface area contributed by atoms with Crippen LogP contribution in [0.5, 0.6) is 5.75 Å². The number of carbonyl (C=O) groups is 1. The molecule has 2 aromatic rings. The Bertz CT molecular complexity index is 645. The number of ether oxygens (including phenoxy) is 1. The van der Waals surface area contributed by atoms with Gasteiger partial charge in [0.2, 0.25) is 0 Å². The monoisotopic (exact) mass is 281 g/mol. The van der Waals surface area contributed by atoms with Gasteiger partial charge in [-0.25, -0.2) is 0 Å². The van der Waals surface area contributed by atoms with Crippen molar-refractivity contribution < 1.29 is 9.53 Å². The van der Waals surface area contributed by atoms with Crippen molar-refractivity contribution in [3.8, 4) is 5.75 Å². The summed E-state index contributed by atoms with van der Waals surface area (Å²) in [4.78, 5) is 12.3. The quantitative estimate of drug-likeness (QED) is 0.837. The standard InChI is InChI=1S/C18H19NO2/c1-4-11-21-16-9-7-15(8-10-16)19-18(20)17-12-13(2)5-6-14(17)3/h4-10,12H,1,11H2,2-3H3,(H,19,20). The minimum Gasteiger partial charge on any atom is -0.490 e. The highest BCUT2D eigenvalue weighted by molar-refractivity contribution is 6.05. The lowest BCUT2D eigenvalue weighted by Gasteiger charge is -2.09. The van der Waals surface area contributed by atoms with E-state index in [-0.39, 0.29) is 5.91 Å². The molecule has 2 rings (SSSR count). The van der Waals surface area contributed by atoms with Crippen LogP contribution in [-0.4, -0.2) is 12.5 Å². The molecule has 0 heterocycles. The van der Waals surface area contributed by atoms with Gasteiger partial charge in [-0.1, -0.05) is 30.4 Å². The zero-order valence-corrected chi connectivity index (χ0v) is 12.3. The first kappa shape index (κ1) is 14.9. The Morgan fingerprint density at radius 2 is 1.90 bits per heavy atom. The summed E-state index contributed by atoms with van der Waals surface area (Å²) in [7, 11) is 0. The average Bonchev–Trinajstić information content (AvgIpc) is 2.49. The van der Waals surface area contributed by atoms with Gasteiger partial charge < -0.3 is 10.1 Å². The van der Waals surface area contributed by atoms with Crippen LogP contribution in [0.25, 0.3) is 0 Å². The minimum absolute atomic E-state index is 0.101. The van der Waals surface area contributed by atoms with Crippen LogP contribution in [0.3, 0.4) is 0 Å². The number of benzene rings is 2.